The second-order valence-corrected chi connectivity index (χ2v) is 4.85. The number of fused-ring (bicyclic) bond motifs is 5. The molecule has 3 aromatic rings. The maximum Gasteiger partial charge on any atom is 0.168 e. The van der Waals surface area contributed by atoms with Crippen LogP contribution in [0.5, 0.6) is 0 Å². The number of rotatable bonds is 0. The quantitative estimate of drug-likeness (QED) is 0.593. The Kier molecular flexibility index (Phi) is 2.03. The second-order valence-electron chi connectivity index (χ2n) is 4.49. The van der Waals surface area contributed by atoms with Crippen LogP contribution in [0.25, 0.3) is 21.7 Å². The lowest BCUT2D eigenvalue weighted by atomic mass is 10.00. The third-order valence-electron chi connectivity index (χ3n) is 3.48. The van der Waals surface area contributed by atoms with Gasteiger partial charge in [-0.2, -0.15) is 0 Å². The fourth-order valence-electron chi connectivity index (χ4n) is 2.68. The third kappa shape index (κ3) is 1.27. The minimum atomic E-state index is 0.497. The van der Waals surface area contributed by atoms with E-state index in [2.05, 4.69) is 35.3 Å². The van der Waals surface area contributed by atoms with Gasteiger partial charge in [-0.05, 0) is 23.3 Å². The van der Waals surface area contributed by atoms with Gasteiger partial charge in [0.25, 0.3) is 0 Å². The van der Waals surface area contributed by atoms with Crippen LogP contribution in [0.15, 0.2) is 45.8 Å². The van der Waals surface area contributed by atoms with E-state index in [0.29, 0.717) is 5.17 Å². The zero-order valence-corrected chi connectivity index (χ0v) is 10.4. The lowest BCUT2D eigenvalue weighted by Crippen LogP contribution is -2.05. The molecule has 0 radical (unpaired) electrons. The predicted molar refractivity (Wildman–Crippen MR) is 74.7 cm³/mol. The molecule has 1 aromatic heterocycles. The van der Waals surface area contributed by atoms with Crippen LogP contribution in [0, 0.1) is 0 Å². The van der Waals surface area contributed by atoms with Crippen LogP contribution in [-0.4, -0.2) is 11.7 Å². The van der Waals surface area contributed by atoms with Crippen molar-refractivity contribution in [1.82, 2.24) is 0 Å². The summed E-state index contributed by atoms with van der Waals surface area (Å²) >= 11 is 6.13. The summed E-state index contributed by atoms with van der Waals surface area (Å²) in [6.07, 6.45) is 0.895. The SMILES string of the molecule is ClC1=NCCc2c1oc1ccc3ccccc3c21. The molecule has 0 N–H and O–H groups in total. The maximum atomic E-state index is 6.13. The number of hydrogen-bond donors (Lipinski definition) is 0. The van der Waals surface area contributed by atoms with Crippen LogP contribution in [0.3, 0.4) is 0 Å². The summed E-state index contributed by atoms with van der Waals surface area (Å²) in [5.74, 6) is 0.745. The highest BCUT2D eigenvalue weighted by molar-refractivity contribution is 6.69. The first kappa shape index (κ1) is 10.2. The summed E-state index contributed by atoms with van der Waals surface area (Å²) in [6.45, 7) is 0.740. The van der Waals surface area contributed by atoms with E-state index in [9.17, 15) is 0 Å². The minimum Gasteiger partial charge on any atom is -0.453 e. The van der Waals surface area contributed by atoms with Gasteiger partial charge in [0.2, 0.25) is 0 Å². The molecule has 0 unspecified atom stereocenters. The van der Waals surface area contributed by atoms with Gasteiger partial charge in [0.05, 0.1) is 0 Å². The Morgan fingerprint density at radius 2 is 2.00 bits per heavy atom. The Labute approximate surface area is 109 Å². The van der Waals surface area contributed by atoms with Gasteiger partial charge in [-0.25, -0.2) is 0 Å². The molecule has 0 bridgehead atoms. The van der Waals surface area contributed by atoms with Crippen LogP contribution in [0.2, 0.25) is 0 Å². The average Bonchev–Trinajstić information content (AvgIpc) is 2.79. The monoisotopic (exact) mass is 255 g/mol. The van der Waals surface area contributed by atoms with Gasteiger partial charge in [-0.1, -0.05) is 41.9 Å². The second kappa shape index (κ2) is 3.59. The van der Waals surface area contributed by atoms with Gasteiger partial charge < -0.3 is 4.42 Å². The number of nitrogens with zero attached hydrogens (tertiary/aromatic N) is 1. The first-order chi connectivity index (χ1) is 8.84. The highest BCUT2D eigenvalue weighted by Crippen LogP contribution is 2.35. The van der Waals surface area contributed by atoms with Crippen LogP contribution in [0.1, 0.15) is 11.3 Å². The predicted octanol–water partition coefficient (Wildman–Crippen LogP) is 4.13. The van der Waals surface area contributed by atoms with Gasteiger partial charge in [-0.15, -0.1) is 0 Å². The largest absolute Gasteiger partial charge is 0.453 e. The molecule has 0 saturated heterocycles. The fourth-order valence-corrected chi connectivity index (χ4v) is 2.91. The lowest BCUT2D eigenvalue weighted by Gasteiger charge is -2.06. The van der Waals surface area contributed by atoms with Gasteiger partial charge in [0.1, 0.15) is 5.58 Å². The van der Waals surface area contributed by atoms with Crippen molar-refractivity contribution in [3.05, 3.63) is 47.7 Å². The molecule has 2 aromatic carbocycles. The van der Waals surface area contributed by atoms with E-state index in [1.165, 1.54) is 21.7 Å². The van der Waals surface area contributed by atoms with Crippen molar-refractivity contribution in [2.45, 2.75) is 6.42 Å². The lowest BCUT2D eigenvalue weighted by molar-refractivity contribution is 0.597. The van der Waals surface area contributed by atoms with Crippen molar-refractivity contribution in [2.24, 2.45) is 4.99 Å². The average molecular weight is 256 g/mol. The summed E-state index contributed by atoms with van der Waals surface area (Å²) in [6, 6.07) is 12.5. The molecule has 88 valence electrons. The number of aliphatic imine (C=N–C) groups is 1. The molecule has 2 nitrogen and oxygen atoms in total. The summed E-state index contributed by atoms with van der Waals surface area (Å²) in [5, 5.41) is 4.14. The van der Waals surface area contributed by atoms with Crippen LogP contribution in [0.4, 0.5) is 0 Å². The van der Waals surface area contributed by atoms with E-state index in [0.717, 1.165) is 24.3 Å². The van der Waals surface area contributed by atoms with E-state index < -0.39 is 0 Å². The van der Waals surface area contributed by atoms with Crippen molar-refractivity contribution in [3.63, 3.8) is 0 Å². The molecule has 0 fully saturated rings. The van der Waals surface area contributed by atoms with E-state index in [1.54, 1.807) is 0 Å². The summed E-state index contributed by atoms with van der Waals surface area (Å²) in [5.41, 5.74) is 2.09. The number of benzene rings is 2. The van der Waals surface area contributed by atoms with Crippen molar-refractivity contribution in [2.75, 3.05) is 6.54 Å². The summed E-state index contributed by atoms with van der Waals surface area (Å²) in [4.78, 5) is 4.23. The van der Waals surface area contributed by atoms with E-state index in [-0.39, 0.29) is 0 Å². The van der Waals surface area contributed by atoms with Gasteiger partial charge in [0, 0.05) is 17.5 Å². The Morgan fingerprint density at radius 1 is 1.11 bits per heavy atom. The number of furan rings is 1. The zero-order chi connectivity index (χ0) is 12.1. The minimum absolute atomic E-state index is 0.497. The fraction of sp³-hybridized carbons (Fsp3) is 0.133. The van der Waals surface area contributed by atoms with Crippen molar-refractivity contribution < 1.29 is 4.42 Å². The summed E-state index contributed by atoms with van der Waals surface area (Å²) in [7, 11) is 0. The molecule has 0 aliphatic carbocycles. The third-order valence-corrected chi connectivity index (χ3v) is 3.77. The molecular formula is C15H10ClNO. The first-order valence-electron chi connectivity index (χ1n) is 5.98. The highest BCUT2D eigenvalue weighted by atomic mass is 35.5. The van der Waals surface area contributed by atoms with E-state index in [4.69, 9.17) is 16.0 Å². The first-order valence-corrected chi connectivity index (χ1v) is 6.36. The maximum absolute atomic E-state index is 6.13. The number of hydrogen-bond acceptors (Lipinski definition) is 2. The molecule has 4 rings (SSSR count). The molecule has 0 spiro atoms. The molecule has 1 aliphatic rings. The molecule has 1 aliphatic heterocycles. The van der Waals surface area contributed by atoms with Crippen LogP contribution in [-0.2, 0) is 6.42 Å². The normalized spacial score (nSPS) is 14.8. The molecule has 2 heterocycles. The van der Waals surface area contributed by atoms with Crippen molar-refractivity contribution >= 4 is 38.5 Å². The smallest absolute Gasteiger partial charge is 0.168 e. The Morgan fingerprint density at radius 3 is 2.94 bits per heavy atom. The Balaban J connectivity index is 2.22. The zero-order valence-electron chi connectivity index (χ0n) is 9.61. The Hall–Kier alpha value is -1.80. The van der Waals surface area contributed by atoms with Crippen LogP contribution < -0.4 is 0 Å². The van der Waals surface area contributed by atoms with Gasteiger partial charge >= 0.3 is 0 Å². The van der Waals surface area contributed by atoms with Crippen LogP contribution >= 0.6 is 11.6 Å². The molecular weight excluding hydrogens is 246 g/mol. The van der Waals surface area contributed by atoms with Crippen molar-refractivity contribution in [3.8, 4) is 0 Å². The van der Waals surface area contributed by atoms with Gasteiger partial charge in [-0.3, -0.25) is 4.99 Å². The summed E-state index contributed by atoms with van der Waals surface area (Å²) < 4.78 is 5.85. The van der Waals surface area contributed by atoms with E-state index >= 15 is 0 Å². The Bertz CT molecular complexity index is 801. The molecule has 0 atom stereocenters. The van der Waals surface area contributed by atoms with Gasteiger partial charge in [0.15, 0.2) is 10.9 Å². The van der Waals surface area contributed by atoms with E-state index in [1.807, 2.05) is 6.07 Å². The molecule has 0 amide bonds. The highest BCUT2D eigenvalue weighted by Gasteiger charge is 2.21. The molecule has 0 saturated carbocycles. The molecule has 18 heavy (non-hydrogen) atoms. The molecule has 3 heteroatoms. The topological polar surface area (TPSA) is 25.5 Å². The van der Waals surface area contributed by atoms with Crippen molar-refractivity contribution in [1.29, 1.82) is 0 Å². The standard InChI is InChI=1S/C15H10ClNO/c16-15-14-11(7-8-17-15)13-10-4-2-1-3-9(10)5-6-12(13)18-14/h1-6H,7-8H2. The number of halogens is 1.